The monoisotopic (exact) mass is 431 g/mol. The molecule has 0 unspecified atom stereocenters. The summed E-state index contributed by atoms with van der Waals surface area (Å²) in [6.07, 6.45) is 1.55. The van der Waals surface area contributed by atoms with Gasteiger partial charge in [-0.05, 0) is 30.3 Å². The lowest BCUT2D eigenvalue weighted by molar-refractivity contribution is -0.122. The quantitative estimate of drug-likeness (QED) is 0.757. The van der Waals surface area contributed by atoms with Crippen LogP contribution in [0.5, 0.6) is 0 Å². The van der Waals surface area contributed by atoms with Gasteiger partial charge in [0.25, 0.3) is 0 Å². The maximum Gasteiger partial charge on any atom is 0.244 e. The number of sulfonamides is 1. The first-order valence-electron chi connectivity index (χ1n) is 8.33. The van der Waals surface area contributed by atoms with Gasteiger partial charge in [-0.3, -0.25) is 9.69 Å². The molecule has 10 heteroatoms. The number of hydrogen-bond donors (Lipinski definition) is 1. The van der Waals surface area contributed by atoms with Crippen LogP contribution in [0.3, 0.4) is 0 Å². The van der Waals surface area contributed by atoms with Crippen molar-refractivity contribution in [2.24, 2.45) is 0 Å². The molecule has 1 aliphatic heterocycles. The van der Waals surface area contributed by atoms with E-state index in [0.29, 0.717) is 30.4 Å². The Morgan fingerprint density at radius 2 is 1.89 bits per heavy atom. The number of nitrogens with one attached hydrogen (secondary N) is 1. The van der Waals surface area contributed by atoms with E-state index in [2.05, 4.69) is 5.32 Å². The summed E-state index contributed by atoms with van der Waals surface area (Å²) in [5, 5.41) is 3.22. The molecular weight excluding hydrogens is 413 g/mol. The van der Waals surface area contributed by atoms with Crippen LogP contribution in [0.1, 0.15) is 5.76 Å². The number of piperazine rings is 1. The van der Waals surface area contributed by atoms with Gasteiger partial charge in [-0.2, -0.15) is 4.31 Å². The molecule has 0 aliphatic carbocycles. The van der Waals surface area contributed by atoms with Crippen molar-refractivity contribution in [3.8, 4) is 0 Å². The first-order valence-corrected chi connectivity index (χ1v) is 10.5. The average Bonchev–Trinajstić information content (AvgIpc) is 3.16. The zero-order valence-corrected chi connectivity index (χ0v) is 16.7. The van der Waals surface area contributed by atoms with Gasteiger partial charge in [0, 0.05) is 31.2 Å². The highest BCUT2D eigenvalue weighted by molar-refractivity contribution is 7.89. The Bertz CT molecular complexity index is 895. The minimum absolute atomic E-state index is 0.00121. The van der Waals surface area contributed by atoms with E-state index < -0.39 is 10.0 Å². The second-order valence-corrected chi connectivity index (χ2v) is 8.86. The van der Waals surface area contributed by atoms with E-state index in [-0.39, 0.29) is 35.5 Å². The van der Waals surface area contributed by atoms with E-state index in [4.69, 9.17) is 27.6 Å². The normalized spacial score (nSPS) is 16.4. The standard InChI is InChI=1S/C17H19Cl2N3O4S/c18-13-3-4-15(19)16(10-13)27(24,25)22-7-5-21(6-8-22)12-17(23)20-11-14-2-1-9-26-14/h1-4,9-10H,5-8,11-12H2,(H,20,23). The number of nitrogens with zero attached hydrogens (tertiary/aromatic N) is 2. The van der Waals surface area contributed by atoms with Crippen LogP contribution in [0.2, 0.25) is 10.0 Å². The Morgan fingerprint density at radius 3 is 2.56 bits per heavy atom. The van der Waals surface area contributed by atoms with Gasteiger partial charge in [0.1, 0.15) is 10.7 Å². The van der Waals surface area contributed by atoms with Gasteiger partial charge in [0.05, 0.1) is 24.4 Å². The van der Waals surface area contributed by atoms with Crippen LogP contribution in [-0.4, -0.2) is 56.3 Å². The van der Waals surface area contributed by atoms with Gasteiger partial charge in [-0.15, -0.1) is 0 Å². The average molecular weight is 432 g/mol. The molecule has 146 valence electrons. The van der Waals surface area contributed by atoms with Crippen molar-refractivity contribution in [1.29, 1.82) is 0 Å². The number of furan rings is 1. The zero-order chi connectivity index (χ0) is 19.4. The third-order valence-electron chi connectivity index (χ3n) is 4.25. The molecule has 1 aromatic carbocycles. The molecule has 0 bridgehead atoms. The molecule has 27 heavy (non-hydrogen) atoms. The van der Waals surface area contributed by atoms with Crippen LogP contribution in [0, 0.1) is 0 Å². The first-order chi connectivity index (χ1) is 12.9. The molecule has 1 fully saturated rings. The van der Waals surface area contributed by atoms with Gasteiger partial charge >= 0.3 is 0 Å². The summed E-state index contributed by atoms with van der Waals surface area (Å²) in [5.41, 5.74) is 0. The van der Waals surface area contributed by atoms with Gasteiger partial charge < -0.3 is 9.73 Å². The Morgan fingerprint density at radius 1 is 1.15 bits per heavy atom. The second-order valence-electron chi connectivity index (χ2n) is 6.11. The molecule has 2 aromatic rings. The van der Waals surface area contributed by atoms with Crippen molar-refractivity contribution in [3.63, 3.8) is 0 Å². The molecule has 1 aliphatic rings. The van der Waals surface area contributed by atoms with Gasteiger partial charge in [-0.25, -0.2) is 8.42 Å². The highest BCUT2D eigenvalue weighted by Crippen LogP contribution is 2.28. The fourth-order valence-corrected chi connectivity index (χ4v) is 4.96. The largest absolute Gasteiger partial charge is 0.467 e. The molecule has 1 saturated heterocycles. The van der Waals surface area contributed by atoms with Crippen LogP contribution >= 0.6 is 23.2 Å². The fraction of sp³-hybridized carbons (Fsp3) is 0.353. The number of carbonyl (C=O) groups excluding carboxylic acids is 1. The smallest absolute Gasteiger partial charge is 0.244 e. The lowest BCUT2D eigenvalue weighted by Crippen LogP contribution is -2.51. The second kappa shape index (κ2) is 8.62. The predicted molar refractivity (Wildman–Crippen MR) is 102 cm³/mol. The summed E-state index contributed by atoms with van der Waals surface area (Å²) in [4.78, 5) is 13.9. The van der Waals surface area contributed by atoms with Crippen LogP contribution in [0.25, 0.3) is 0 Å². The molecule has 1 N–H and O–H groups in total. The molecule has 3 rings (SSSR count). The zero-order valence-electron chi connectivity index (χ0n) is 14.4. The third-order valence-corrected chi connectivity index (χ3v) is 6.86. The Balaban J connectivity index is 1.53. The van der Waals surface area contributed by atoms with Crippen LogP contribution in [0.15, 0.2) is 45.9 Å². The number of amides is 1. The summed E-state index contributed by atoms with van der Waals surface area (Å²) in [7, 11) is -3.73. The van der Waals surface area contributed by atoms with E-state index in [9.17, 15) is 13.2 Å². The van der Waals surface area contributed by atoms with Crippen LogP contribution in [-0.2, 0) is 21.4 Å². The minimum Gasteiger partial charge on any atom is -0.467 e. The molecule has 0 spiro atoms. The van der Waals surface area contributed by atoms with Gasteiger partial charge in [0.2, 0.25) is 15.9 Å². The van der Waals surface area contributed by atoms with Crippen molar-refractivity contribution < 1.29 is 17.6 Å². The maximum absolute atomic E-state index is 12.8. The molecule has 0 atom stereocenters. The third kappa shape index (κ3) is 5.03. The van der Waals surface area contributed by atoms with E-state index >= 15 is 0 Å². The lowest BCUT2D eigenvalue weighted by atomic mass is 10.3. The Labute approximate surface area is 167 Å². The first kappa shape index (κ1) is 20.2. The summed E-state index contributed by atoms with van der Waals surface area (Å²) in [5.74, 6) is 0.540. The van der Waals surface area contributed by atoms with E-state index in [1.54, 1.807) is 24.5 Å². The number of rotatable bonds is 6. The number of hydrogen-bond acceptors (Lipinski definition) is 5. The maximum atomic E-state index is 12.8. The minimum atomic E-state index is -3.73. The summed E-state index contributed by atoms with van der Waals surface area (Å²) >= 11 is 11.9. The van der Waals surface area contributed by atoms with Crippen molar-refractivity contribution in [3.05, 3.63) is 52.4 Å². The molecule has 7 nitrogen and oxygen atoms in total. The van der Waals surface area contributed by atoms with Gasteiger partial charge in [0.15, 0.2) is 0 Å². The summed E-state index contributed by atoms with van der Waals surface area (Å²) in [6, 6.07) is 7.91. The number of halogens is 2. The van der Waals surface area contributed by atoms with Crippen molar-refractivity contribution >= 4 is 39.1 Å². The molecule has 1 amide bonds. The molecule has 0 saturated carbocycles. The predicted octanol–water partition coefficient (Wildman–Crippen LogP) is 2.21. The fourth-order valence-electron chi connectivity index (χ4n) is 2.80. The van der Waals surface area contributed by atoms with Gasteiger partial charge in [-0.1, -0.05) is 23.2 Å². The molecular formula is C17H19Cl2N3O4S. The van der Waals surface area contributed by atoms with Crippen molar-refractivity contribution in [2.45, 2.75) is 11.4 Å². The molecule has 2 heterocycles. The van der Waals surface area contributed by atoms with Crippen molar-refractivity contribution in [2.75, 3.05) is 32.7 Å². The SMILES string of the molecule is O=C(CN1CCN(S(=O)(=O)c2cc(Cl)ccc2Cl)CC1)NCc1ccco1. The van der Waals surface area contributed by atoms with Crippen LogP contribution < -0.4 is 5.32 Å². The number of carbonyl (C=O) groups is 1. The molecule has 0 radical (unpaired) electrons. The Kier molecular flexibility index (Phi) is 6.44. The van der Waals surface area contributed by atoms with Crippen LogP contribution in [0.4, 0.5) is 0 Å². The van der Waals surface area contributed by atoms with E-state index in [1.807, 2.05) is 4.90 Å². The Hall–Kier alpha value is -1.58. The number of benzene rings is 1. The molecule has 1 aromatic heterocycles. The van der Waals surface area contributed by atoms with E-state index in [0.717, 1.165) is 0 Å². The van der Waals surface area contributed by atoms with Crippen molar-refractivity contribution in [1.82, 2.24) is 14.5 Å². The lowest BCUT2D eigenvalue weighted by Gasteiger charge is -2.33. The topological polar surface area (TPSA) is 82.9 Å². The summed E-state index contributed by atoms with van der Waals surface area (Å²) in [6.45, 7) is 1.98. The summed E-state index contributed by atoms with van der Waals surface area (Å²) < 4.78 is 32.1. The highest BCUT2D eigenvalue weighted by Gasteiger charge is 2.30. The highest BCUT2D eigenvalue weighted by atomic mass is 35.5. The van der Waals surface area contributed by atoms with E-state index in [1.165, 1.54) is 16.4 Å².